The van der Waals surface area contributed by atoms with E-state index in [1.54, 1.807) is 38.3 Å². The molecule has 0 fully saturated rings. The van der Waals surface area contributed by atoms with E-state index < -0.39 is 5.97 Å². The highest BCUT2D eigenvalue weighted by Crippen LogP contribution is 2.12. The molecule has 0 unspecified atom stereocenters. The molecule has 0 bridgehead atoms. The van der Waals surface area contributed by atoms with Crippen molar-refractivity contribution in [2.24, 2.45) is 5.16 Å². The van der Waals surface area contributed by atoms with E-state index in [0.29, 0.717) is 11.3 Å². The Bertz CT molecular complexity index is 397. The first kappa shape index (κ1) is 13.0. The first-order valence-corrected chi connectivity index (χ1v) is 5.15. The van der Waals surface area contributed by atoms with E-state index in [9.17, 15) is 4.79 Å². The molecule has 0 aliphatic heterocycles. The van der Waals surface area contributed by atoms with Crippen LogP contribution in [0.2, 0.25) is 0 Å². The average molecular weight is 237 g/mol. The number of esters is 1. The van der Waals surface area contributed by atoms with Crippen molar-refractivity contribution < 1.29 is 19.1 Å². The highest BCUT2D eigenvalue weighted by Gasteiger charge is 2.16. The molecular formula is C12H15NO4. The Labute approximate surface area is 100.0 Å². The van der Waals surface area contributed by atoms with Crippen LogP contribution in [0.15, 0.2) is 29.4 Å². The van der Waals surface area contributed by atoms with Crippen LogP contribution in [0.1, 0.15) is 12.5 Å². The van der Waals surface area contributed by atoms with Gasteiger partial charge < -0.3 is 14.3 Å². The summed E-state index contributed by atoms with van der Waals surface area (Å²) in [5.41, 5.74) is 0.753. The van der Waals surface area contributed by atoms with E-state index in [1.165, 1.54) is 7.11 Å². The zero-order valence-electron chi connectivity index (χ0n) is 10.1. The van der Waals surface area contributed by atoms with Crippen molar-refractivity contribution in [3.8, 4) is 5.75 Å². The standard InChI is InChI=1S/C12H15NO4/c1-4-17-12(14)11(13-16-3)9-5-7-10(15-2)8-6-9/h5-8H,4H2,1-3H3. The second kappa shape index (κ2) is 6.52. The van der Waals surface area contributed by atoms with Crippen molar-refractivity contribution in [3.05, 3.63) is 29.8 Å². The van der Waals surface area contributed by atoms with Gasteiger partial charge in [-0.2, -0.15) is 0 Å². The summed E-state index contributed by atoms with van der Waals surface area (Å²) in [6.45, 7) is 2.02. The maximum atomic E-state index is 11.6. The van der Waals surface area contributed by atoms with Crippen LogP contribution in [-0.2, 0) is 14.4 Å². The second-order valence-electron chi connectivity index (χ2n) is 3.07. The molecule has 0 saturated carbocycles. The zero-order chi connectivity index (χ0) is 12.7. The largest absolute Gasteiger partial charge is 0.497 e. The number of ether oxygens (including phenoxy) is 2. The lowest BCUT2D eigenvalue weighted by atomic mass is 10.1. The molecule has 0 N–H and O–H groups in total. The number of oxime groups is 1. The van der Waals surface area contributed by atoms with Crippen molar-refractivity contribution >= 4 is 11.7 Å². The van der Waals surface area contributed by atoms with Crippen LogP contribution in [0.5, 0.6) is 5.75 Å². The molecule has 0 radical (unpaired) electrons. The van der Waals surface area contributed by atoms with Crippen LogP contribution >= 0.6 is 0 Å². The van der Waals surface area contributed by atoms with Crippen molar-refractivity contribution in [1.29, 1.82) is 0 Å². The molecule has 0 heterocycles. The van der Waals surface area contributed by atoms with Crippen LogP contribution in [-0.4, -0.2) is 32.5 Å². The minimum Gasteiger partial charge on any atom is -0.497 e. The summed E-state index contributed by atoms with van der Waals surface area (Å²) in [6.07, 6.45) is 0. The van der Waals surface area contributed by atoms with E-state index in [4.69, 9.17) is 9.47 Å². The molecule has 0 aliphatic rings. The van der Waals surface area contributed by atoms with Gasteiger partial charge in [0.25, 0.3) is 0 Å². The van der Waals surface area contributed by atoms with Gasteiger partial charge in [-0.1, -0.05) is 5.16 Å². The Kier molecular flexibility index (Phi) is 5.00. The van der Waals surface area contributed by atoms with Crippen molar-refractivity contribution in [2.75, 3.05) is 20.8 Å². The number of benzene rings is 1. The molecule has 0 amide bonds. The predicted octanol–water partition coefficient (Wildman–Crippen LogP) is 1.61. The number of hydrogen-bond donors (Lipinski definition) is 0. The summed E-state index contributed by atoms with van der Waals surface area (Å²) in [5.74, 6) is 0.189. The Morgan fingerprint density at radius 3 is 2.35 bits per heavy atom. The molecule has 1 aromatic carbocycles. The second-order valence-corrected chi connectivity index (χ2v) is 3.07. The van der Waals surface area contributed by atoms with Gasteiger partial charge in [-0.25, -0.2) is 4.79 Å². The fourth-order valence-electron chi connectivity index (χ4n) is 1.25. The Morgan fingerprint density at radius 1 is 1.24 bits per heavy atom. The molecule has 1 rings (SSSR count). The van der Waals surface area contributed by atoms with Gasteiger partial charge >= 0.3 is 5.97 Å². The number of carbonyl (C=O) groups excluding carboxylic acids is 1. The van der Waals surface area contributed by atoms with Crippen LogP contribution in [0.4, 0.5) is 0 Å². The van der Waals surface area contributed by atoms with Gasteiger partial charge in [-0.15, -0.1) is 0 Å². The van der Waals surface area contributed by atoms with Crippen molar-refractivity contribution in [2.45, 2.75) is 6.92 Å². The number of carbonyl (C=O) groups is 1. The normalized spacial score (nSPS) is 10.9. The van der Waals surface area contributed by atoms with Crippen molar-refractivity contribution in [1.82, 2.24) is 0 Å². The third-order valence-electron chi connectivity index (χ3n) is 2.01. The summed E-state index contributed by atoms with van der Waals surface area (Å²) in [5, 5.41) is 3.67. The number of rotatable bonds is 5. The van der Waals surface area contributed by atoms with Gasteiger partial charge in [0.05, 0.1) is 13.7 Å². The summed E-state index contributed by atoms with van der Waals surface area (Å²) in [7, 11) is 2.95. The highest BCUT2D eigenvalue weighted by atomic mass is 16.6. The van der Waals surface area contributed by atoms with E-state index in [-0.39, 0.29) is 12.3 Å². The van der Waals surface area contributed by atoms with Gasteiger partial charge in [0, 0.05) is 5.56 Å². The Hall–Kier alpha value is -2.04. The van der Waals surface area contributed by atoms with Crippen LogP contribution in [0.25, 0.3) is 0 Å². The molecule has 0 atom stereocenters. The lowest BCUT2D eigenvalue weighted by molar-refractivity contribution is -0.135. The van der Waals surface area contributed by atoms with Gasteiger partial charge in [-0.3, -0.25) is 0 Å². The maximum absolute atomic E-state index is 11.6. The molecule has 0 saturated heterocycles. The minimum absolute atomic E-state index is 0.136. The molecule has 5 heteroatoms. The van der Waals surface area contributed by atoms with E-state index >= 15 is 0 Å². The first-order chi connectivity index (χ1) is 8.22. The zero-order valence-corrected chi connectivity index (χ0v) is 10.1. The summed E-state index contributed by atoms with van der Waals surface area (Å²) >= 11 is 0. The molecule has 0 spiro atoms. The maximum Gasteiger partial charge on any atom is 0.361 e. The van der Waals surface area contributed by atoms with E-state index in [2.05, 4.69) is 9.99 Å². The SMILES string of the molecule is CCOC(=O)C(=NOC)c1ccc(OC)cc1. The number of nitrogens with zero attached hydrogens (tertiary/aromatic N) is 1. The average Bonchev–Trinajstić information content (AvgIpc) is 2.36. The van der Waals surface area contributed by atoms with Gasteiger partial charge in [0.15, 0.2) is 5.71 Å². The Morgan fingerprint density at radius 2 is 1.88 bits per heavy atom. The van der Waals surface area contributed by atoms with Crippen LogP contribution in [0.3, 0.4) is 0 Å². The smallest absolute Gasteiger partial charge is 0.361 e. The summed E-state index contributed by atoms with van der Waals surface area (Å²) < 4.78 is 9.92. The first-order valence-electron chi connectivity index (χ1n) is 5.15. The molecule has 0 aliphatic carbocycles. The minimum atomic E-state index is -0.514. The van der Waals surface area contributed by atoms with Crippen LogP contribution in [0, 0.1) is 0 Å². The summed E-state index contributed by atoms with van der Waals surface area (Å²) in [6, 6.07) is 6.90. The van der Waals surface area contributed by atoms with Gasteiger partial charge in [0.2, 0.25) is 0 Å². The molecule has 1 aromatic rings. The number of methoxy groups -OCH3 is 1. The van der Waals surface area contributed by atoms with Crippen molar-refractivity contribution in [3.63, 3.8) is 0 Å². The molecule has 17 heavy (non-hydrogen) atoms. The van der Waals surface area contributed by atoms with Crippen LogP contribution < -0.4 is 4.74 Å². The molecule has 92 valence electrons. The monoisotopic (exact) mass is 237 g/mol. The highest BCUT2D eigenvalue weighted by molar-refractivity contribution is 6.43. The fraction of sp³-hybridized carbons (Fsp3) is 0.333. The topological polar surface area (TPSA) is 57.1 Å². The third kappa shape index (κ3) is 3.48. The van der Waals surface area contributed by atoms with Gasteiger partial charge in [-0.05, 0) is 31.2 Å². The fourth-order valence-corrected chi connectivity index (χ4v) is 1.25. The lowest BCUT2D eigenvalue weighted by Gasteiger charge is -2.06. The van der Waals surface area contributed by atoms with Gasteiger partial charge in [0.1, 0.15) is 12.9 Å². The lowest BCUT2D eigenvalue weighted by Crippen LogP contribution is -2.19. The quantitative estimate of drug-likeness (QED) is 0.443. The predicted molar refractivity (Wildman–Crippen MR) is 63.2 cm³/mol. The van der Waals surface area contributed by atoms with E-state index in [0.717, 1.165) is 0 Å². The molecule has 5 nitrogen and oxygen atoms in total. The molecular weight excluding hydrogens is 222 g/mol. The summed E-state index contributed by atoms with van der Waals surface area (Å²) in [4.78, 5) is 16.3. The Balaban J connectivity index is 2.97. The van der Waals surface area contributed by atoms with E-state index in [1.807, 2.05) is 0 Å². The third-order valence-corrected chi connectivity index (χ3v) is 2.01. The number of hydrogen-bond acceptors (Lipinski definition) is 5. The molecule has 0 aromatic heterocycles.